The zero-order valence-electron chi connectivity index (χ0n) is 15.5. The summed E-state index contributed by atoms with van der Waals surface area (Å²) < 4.78 is 18.9. The highest BCUT2D eigenvalue weighted by molar-refractivity contribution is 5.46. The van der Waals surface area contributed by atoms with Gasteiger partial charge in [-0.3, -0.25) is 4.90 Å². The maximum absolute atomic E-state index is 13.0. The number of halogens is 1. The fourth-order valence-corrected chi connectivity index (χ4v) is 5.13. The first-order valence-electron chi connectivity index (χ1n) is 10.2. The summed E-state index contributed by atoms with van der Waals surface area (Å²) >= 11 is 0. The van der Waals surface area contributed by atoms with Crippen molar-refractivity contribution in [2.24, 2.45) is 17.8 Å². The van der Waals surface area contributed by atoms with Crippen LogP contribution in [0.2, 0.25) is 0 Å². The Morgan fingerprint density at radius 2 is 1.85 bits per heavy atom. The first kappa shape index (κ1) is 18.2. The zero-order valence-corrected chi connectivity index (χ0v) is 15.5. The van der Waals surface area contributed by atoms with E-state index in [0.717, 1.165) is 56.2 Å². The van der Waals surface area contributed by atoms with E-state index in [1.807, 2.05) is 12.1 Å². The third kappa shape index (κ3) is 4.38. The minimum absolute atomic E-state index is 0.194. The first-order valence-corrected chi connectivity index (χ1v) is 10.2. The second kappa shape index (κ2) is 8.24. The molecule has 2 saturated carbocycles. The van der Waals surface area contributed by atoms with Crippen molar-refractivity contribution >= 4 is 5.69 Å². The zero-order chi connectivity index (χ0) is 17.9. The molecular weight excluding hydrogens is 331 g/mol. The van der Waals surface area contributed by atoms with Crippen molar-refractivity contribution < 1.29 is 14.2 Å². The maximum atomic E-state index is 13.0. The summed E-state index contributed by atoms with van der Waals surface area (Å²) in [6.45, 7) is 5.60. The maximum Gasteiger partial charge on any atom is 0.123 e. The Morgan fingerprint density at radius 3 is 2.50 bits per heavy atom. The third-order valence-electron chi connectivity index (χ3n) is 6.56. The average molecular weight is 362 g/mol. The summed E-state index contributed by atoms with van der Waals surface area (Å²) in [5.41, 5.74) is 1.07. The molecule has 2 aliphatic carbocycles. The van der Waals surface area contributed by atoms with Gasteiger partial charge in [-0.05, 0) is 61.3 Å². The van der Waals surface area contributed by atoms with E-state index in [4.69, 9.17) is 4.74 Å². The second-order valence-electron chi connectivity index (χ2n) is 8.39. The van der Waals surface area contributed by atoms with Crippen LogP contribution in [0.25, 0.3) is 0 Å². The van der Waals surface area contributed by atoms with Crippen LogP contribution in [0, 0.1) is 23.6 Å². The highest BCUT2D eigenvalue weighted by atomic mass is 19.1. The third-order valence-corrected chi connectivity index (χ3v) is 6.56. The molecule has 3 fully saturated rings. The summed E-state index contributed by atoms with van der Waals surface area (Å²) in [4.78, 5) is 4.57. The number of rotatable bonds is 7. The van der Waals surface area contributed by atoms with Crippen LogP contribution in [0.1, 0.15) is 25.7 Å². The highest BCUT2D eigenvalue weighted by Crippen LogP contribution is 2.48. The van der Waals surface area contributed by atoms with Crippen LogP contribution >= 0.6 is 0 Å². The normalized spacial score (nSPS) is 30.1. The Hall–Kier alpha value is -1.17. The SMILES string of the molecule is O[C@H](COC[C@@H]1C[C@@H]2CC[C@@H]1C2)CN1CCN(c2ccc(F)cc2)CC1. The molecule has 26 heavy (non-hydrogen) atoms. The van der Waals surface area contributed by atoms with Crippen LogP contribution in [-0.2, 0) is 4.74 Å². The van der Waals surface area contributed by atoms with Gasteiger partial charge in [0, 0.05) is 45.0 Å². The summed E-state index contributed by atoms with van der Waals surface area (Å²) in [5.74, 6) is 2.38. The quantitative estimate of drug-likeness (QED) is 0.809. The Kier molecular flexibility index (Phi) is 5.77. The van der Waals surface area contributed by atoms with E-state index in [1.165, 1.54) is 37.8 Å². The van der Waals surface area contributed by atoms with E-state index < -0.39 is 6.10 Å². The number of hydrogen-bond acceptors (Lipinski definition) is 4. The van der Waals surface area contributed by atoms with Gasteiger partial charge in [0.25, 0.3) is 0 Å². The molecule has 1 aliphatic heterocycles. The van der Waals surface area contributed by atoms with Crippen molar-refractivity contribution in [1.29, 1.82) is 0 Å². The van der Waals surface area contributed by atoms with Gasteiger partial charge in [0.1, 0.15) is 5.82 Å². The summed E-state index contributed by atoms with van der Waals surface area (Å²) in [6, 6.07) is 6.70. The molecule has 1 heterocycles. The van der Waals surface area contributed by atoms with Crippen molar-refractivity contribution in [2.45, 2.75) is 31.8 Å². The molecule has 2 bridgehead atoms. The average Bonchev–Trinajstić information content (AvgIpc) is 3.26. The van der Waals surface area contributed by atoms with Crippen LogP contribution < -0.4 is 4.90 Å². The number of anilines is 1. The topological polar surface area (TPSA) is 35.9 Å². The van der Waals surface area contributed by atoms with Gasteiger partial charge in [0.05, 0.1) is 12.7 Å². The van der Waals surface area contributed by atoms with Crippen molar-refractivity contribution in [3.8, 4) is 0 Å². The molecule has 4 atom stereocenters. The van der Waals surface area contributed by atoms with Gasteiger partial charge >= 0.3 is 0 Å². The van der Waals surface area contributed by atoms with Gasteiger partial charge in [0.2, 0.25) is 0 Å². The van der Waals surface area contributed by atoms with E-state index in [0.29, 0.717) is 13.2 Å². The van der Waals surface area contributed by atoms with E-state index in [-0.39, 0.29) is 5.82 Å². The molecular formula is C21H31FN2O2. The molecule has 1 N–H and O–H groups in total. The molecule has 4 nitrogen and oxygen atoms in total. The number of benzene rings is 1. The number of aliphatic hydroxyl groups excluding tert-OH is 1. The molecule has 1 saturated heterocycles. The minimum Gasteiger partial charge on any atom is -0.389 e. The van der Waals surface area contributed by atoms with Crippen molar-refractivity contribution in [2.75, 3.05) is 50.8 Å². The van der Waals surface area contributed by atoms with Crippen LogP contribution in [0.3, 0.4) is 0 Å². The molecule has 5 heteroatoms. The molecule has 3 aliphatic rings. The molecule has 0 amide bonds. The number of fused-ring (bicyclic) bond motifs is 2. The largest absolute Gasteiger partial charge is 0.389 e. The van der Waals surface area contributed by atoms with Gasteiger partial charge in [-0.1, -0.05) is 6.42 Å². The lowest BCUT2D eigenvalue weighted by molar-refractivity contribution is -0.00274. The lowest BCUT2D eigenvalue weighted by atomic mass is 9.90. The van der Waals surface area contributed by atoms with Gasteiger partial charge in [0.15, 0.2) is 0 Å². The fraction of sp³-hybridized carbons (Fsp3) is 0.714. The van der Waals surface area contributed by atoms with Crippen molar-refractivity contribution in [3.05, 3.63) is 30.1 Å². The summed E-state index contributed by atoms with van der Waals surface area (Å²) in [6.07, 6.45) is 5.15. The van der Waals surface area contributed by atoms with Gasteiger partial charge in [-0.15, -0.1) is 0 Å². The predicted molar refractivity (Wildman–Crippen MR) is 101 cm³/mol. The number of hydrogen-bond donors (Lipinski definition) is 1. The van der Waals surface area contributed by atoms with Crippen LogP contribution in [0.5, 0.6) is 0 Å². The molecule has 0 radical (unpaired) electrons. The van der Waals surface area contributed by atoms with Crippen molar-refractivity contribution in [1.82, 2.24) is 4.90 Å². The van der Waals surface area contributed by atoms with E-state index in [9.17, 15) is 9.50 Å². The molecule has 1 aromatic carbocycles. The molecule has 4 rings (SSSR count). The molecule has 0 aromatic heterocycles. The lowest BCUT2D eigenvalue weighted by Gasteiger charge is -2.37. The van der Waals surface area contributed by atoms with Gasteiger partial charge in [-0.2, -0.15) is 0 Å². The van der Waals surface area contributed by atoms with Crippen LogP contribution in [0.15, 0.2) is 24.3 Å². The second-order valence-corrected chi connectivity index (χ2v) is 8.39. The standard InChI is InChI=1S/C21H31FN2O2/c22-19-3-5-20(6-4-19)24-9-7-23(8-10-24)13-21(25)15-26-14-18-12-16-1-2-17(18)11-16/h3-6,16-18,21,25H,1-2,7-15H2/t16-,17-,18+,21+/m1/s1. The minimum atomic E-state index is -0.411. The number of ether oxygens (including phenoxy) is 1. The molecule has 0 unspecified atom stereocenters. The van der Waals surface area contributed by atoms with Gasteiger partial charge in [-0.25, -0.2) is 4.39 Å². The Morgan fingerprint density at radius 1 is 1.08 bits per heavy atom. The number of piperazine rings is 1. The first-order chi connectivity index (χ1) is 12.7. The van der Waals surface area contributed by atoms with Crippen LogP contribution in [0.4, 0.5) is 10.1 Å². The van der Waals surface area contributed by atoms with Gasteiger partial charge < -0.3 is 14.7 Å². The molecule has 144 valence electrons. The van der Waals surface area contributed by atoms with E-state index in [1.54, 1.807) is 0 Å². The van der Waals surface area contributed by atoms with E-state index >= 15 is 0 Å². The van der Waals surface area contributed by atoms with Crippen LogP contribution in [-0.4, -0.2) is 62.0 Å². The summed E-state index contributed by atoms with van der Waals surface area (Å²) in [5, 5.41) is 10.3. The molecule has 1 aromatic rings. The Bertz CT molecular complexity index is 574. The summed E-state index contributed by atoms with van der Waals surface area (Å²) in [7, 11) is 0. The fourth-order valence-electron chi connectivity index (χ4n) is 5.13. The van der Waals surface area contributed by atoms with Crippen molar-refractivity contribution in [3.63, 3.8) is 0 Å². The predicted octanol–water partition coefficient (Wildman–Crippen LogP) is 2.76. The lowest BCUT2D eigenvalue weighted by Crippen LogP contribution is -2.49. The highest BCUT2D eigenvalue weighted by Gasteiger charge is 2.39. The Balaban J connectivity index is 1.13. The number of aliphatic hydroxyl groups is 1. The number of nitrogens with zero attached hydrogens (tertiary/aromatic N) is 2. The number of β-amino-alcohol motifs (C(OH)–C–C–N with tert-alkyl or cyclic N) is 1. The monoisotopic (exact) mass is 362 g/mol. The van der Waals surface area contributed by atoms with E-state index in [2.05, 4.69) is 9.80 Å². The molecule has 0 spiro atoms. The Labute approximate surface area is 155 Å². The smallest absolute Gasteiger partial charge is 0.123 e.